The summed E-state index contributed by atoms with van der Waals surface area (Å²) < 4.78 is 5.72. The van der Waals surface area contributed by atoms with Crippen molar-refractivity contribution in [3.05, 3.63) is 17.6 Å². The van der Waals surface area contributed by atoms with Crippen LogP contribution in [0, 0.1) is 6.92 Å². The van der Waals surface area contributed by atoms with Gasteiger partial charge < -0.3 is 10.1 Å². The van der Waals surface area contributed by atoms with Crippen molar-refractivity contribution in [2.75, 3.05) is 18.5 Å². The second kappa shape index (κ2) is 5.96. The van der Waals surface area contributed by atoms with Gasteiger partial charge in [0.15, 0.2) is 0 Å². The van der Waals surface area contributed by atoms with E-state index < -0.39 is 0 Å². The fourth-order valence-electron chi connectivity index (χ4n) is 2.17. The van der Waals surface area contributed by atoms with E-state index in [1.807, 2.05) is 13.0 Å². The van der Waals surface area contributed by atoms with E-state index in [0.29, 0.717) is 6.10 Å². The number of hydrogen-bond acceptors (Lipinski definition) is 4. The summed E-state index contributed by atoms with van der Waals surface area (Å²) >= 11 is 0. The lowest BCUT2D eigenvalue weighted by Gasteiger charge is -2.22. The highest BCUT2D eigenvalue weighted by Gasteiger charge is 2.16. The molecule has 0 radical (unpaired) electrons. The number of ether oxygens (including phenoxy) is 1. The fraction of sp³-hybridized carbons (Fsp3) is 0.692. The highest BCUT2D eigenvalue weighted by Crippen LogP contribution is 2.16. The summed E-state index contributed by atoms with van der Waals surface area (Å²) in [4.78, 5) is 8.99. The van der Waals surface area contributed by atoms with Crippen molar-refractivity contribution in [3.8, 4) is 0 Å². The molecule has 0 saturated carbocycles. The zero-order chi connectivity index (χ0) is 12.1. The number of anilines is 1. The average Bonchev–Trinajstić information content (AvgIpc) is 2.30. The first kappa shape index (κ1) is 12.3. The van der Waals surface area contributed by atoms with Crippen molar-refractivity contribution < 1.29 is 4.74 Å². The number of nitrogens with one attached hydrogen (secondary N) is 1. The van der Waals surface area contributed by atoms with Crippen LogP contribution in [0.1, 0.15) is 37.7 Å². The largest absolute Gasteiger partial charge is 0.378 e. The molecule has 1 saturated heterocycles. The van der Waals surface area contributed by atoms with Gasteiger partial charge in [-0.05, 0) is 33.1 Å². The Morgan fingerprint density at radius 3 is 3.00 bits per heavy atom. The van der Waals surface area contributed by atoms with Gasteiger partial charge in [0, 0.05) is 31.3 Å². The Bertz CT molecular complexity index is 362. The monoisotopic (exact) mass is 235 g/mol. The van der Waals surface area contributed by atoms with Crippen LogP contribution < -0.4 is 5.32 Å². The molecule has 94 valence electrons. The molecule has 1 aliphatic heterocycles. The Balaban J connectivity index is 2.03. The number of nitrogens with zero attached hydrogens (tertiary/aromatic N) is 2. The molecule has 4 heteroatoms. The van der Waals surface area contributed by atoms with Crippen LogP contribution >= 0.6 is 0 Å². The molecule has 1 N–H and O–H groups in total. The van der Waals surface area contributed by atoms with Crippen LogP contribution in [0.5, 0.6) is 0 Å². The van der Waals surface area contributed by atoms with Gasteiger partial charge in [-0.3, -0.25) is 0 Å². The molecule has 0 bridgehead atoms. The summed E-state index contributed by atoms with van der Waals surface area (Å²) in [7, 11) is 0. The Morgan fingerprint density at radius 1 is 1.41 bits per heavy atom. The summed E-state index contributed by atoms with van der Waals surface area (Å²) in [5, 5.41) is 3.23. The van der Waals surface area contributed by atoms with Gasteiger partial charge in [-0.25, -0.2) is 9.97 Å². The van der Waals surface area contributed by atoms with Crippen LogP contribution in [-0.4, -0.2) is 29.2 Å². The molecule has 17 heavy (non-hydrogen) atoms. The van der Waals surface area contributed by atoms with Gasteiger partial charge in [0.2, 0.25) is 0 Å². The zero-order valence-electron chi connectivity index (χ0n) is 10.7. The lowest BCUT2D eigenvalue weighted by molar-refractivity contribution is 0.0156. The number of aryl methyl sites for hydroxylation is 1. The summed E-state index contributed by atoms with van der Waals surface area (Å²) in [6.45, 7) is 5.85. The molecule has 1 unspecified atom stereocenters. The maximum absolute atomic E-state index is 5.72. The Labute approximate surface area is 103 Å². The molecule has 0 aliphatic carbocycles. The third kappa shape index (κ3) is 3.66. The van der Waals surface area contributed by atoms with Crippen molar-refractivity contribution in [3.63, 3.8) is 0 Å². The molecule has 1 aliphatic rings. The van der Waals surface area contributed by atoms with Crippen molar-refractivity contribution in [2.24, 2.45) is 0 Å². The molecule has 0 amide bonds. The Hall–Kier alpha value is -1.16. The first-order chi connectivity index (χ1) is 8.28. The maximum atomic E-state index is 5.72. The standard InChI is InChI=1S/C13H21N3O/c1-3-14-12-8-10(2)15-13(16-12)9-11-6-4-5-7-17-11/h8,11H,3-7,9H2,1-2H3,(H,14,15,16). The Morgan fingerprint density at radius 2 is 2.29 bits per heavy atom. The molecule has 2 rings (SSSR count). The van der Waals surface area contributed by atoms with Crippen LogP contribution in [0.25, 0.3) is 0 Å². The number of aromatic nitrogens is 2. The highest BCUT2D eigenvalue weighted by atomic mass is 16.5. The predicted molar refractivity (Wildman–Crippen MR) is 68.2 cm³/mol. The van der Waals surface area contributed by atoms with E-state index in [-0.39, 0.29) is 0 Å². The van der Waals surface area contributed by atoms with Gasteiger partial charge in [0.05, 0.1) is 6.10 Å². The van der Waals surface area contributed by atoms with Gasteiger partial charge in [-0.2, -0.15) is 0 Å². The summed E-state index contributed by atoms with van der Waals surface area (Å²) in [6.07, 6.45) is 4.72. The van der Waals surface area contributed by atoms with Crippen molar-refractivity contribution in [1.82, 2.24) is 9.97 Å². The lowest BCUT2D eigenvalue weighted by Crippen LogP contribution is -2.22. The van der Waals surface area contributed by atoms with Crippen molar-refractivity contribution in [1.29, 1.82) is 0 Å². The lowest BCUT2D eigenvalue weighted by atomic mass is 10.1. The van der Waals surface area contributed by atoms with E-state index >= 15 is 0 Å². The first-order valence-corrected chi connectivity index (χ1v) is 6.48. The van der Waals surface area contributed by atoms with Gasteiger partial charge in [0.25, 0.3) is 0 Å². The maximum Gasteiger partial charge on any atom is 0.133 e. The molecular weight excluding hydrogens is 214 g/mol. The molecule has 4 nitrogen and oxygen atoms in total. The number of rotatable bonds is 4. The van der Waals surface area contributed by atoms with Crippen LogP contribution in [-0.2, 0) is 11.2 Å². The average molecular weight is 235 g/mol. The quantitative estimate of drug-likeness (QED) is 0.870. The van der Waals surface area contributed by atoms with Crippen molar-refractivity contribution >= 4 is 5.82 Å². The molecule has 1 aromatic heterocycles. The molecule has 1 aromatic rings. The predicted octanol–water partition coefficient (Wildman–Crippen LogP) is 2.33. The Kier molecular flexibility index (Phi) is 4.31. The van der Waals surface area contributed by atoms with Gasteiger partial charge >= 0.3 is 0 Å². The van der Waals surface area contributed by atoms with Crippen LogP contribution in [0.3, 0.4) is 0 Å². The minimum absolute atomic E-state index is 0.306. The summed E-state index contributed by atoms with van der Waals surface area (Å²) in [5.41, 5.74) is 1.02. The molecule has 1 atom stereocenters. The summed E-state index contributed by atoms with van der Waals surface area (Å²) in [6, 6.07) is 1.98. The minimum Gasteiger partial charge on any atom is -0.378 e. The summed E-state index contributed by atoms with van der Waals surface area (Å²) in [5.74, 6) is 1.82. The molecule has 0 aromatic carbocycles. The zero-order valence-corrected chi connectivity index (χ0v) is 10.7. The van der Waals surface area contributed by atoms with Gasteiger partial charge in [-0.1, -0.05) is 0 Å². The van der Waals surface area contributed by atoms with E-state index in [2.05, 4.69) is 22.2 Å². The van der Waals surface area contributed by atoms with Crippen LogP contribution in [0.2, 0.25) is 0 Å². The van der Waals surface area contributed by atoms with Gasteiger partial charge in [0.1, 0.15) is 11.6 Å². The number of hydrogen-bond donors (Lipinski definition) is 1. The van der Waals surface area contributed by atoms with E-state index in [9.17, 15) is 0 Å². The molecule has 2 heterocycles. The normalized spacial score (nSPS) is 20.2. The molecule has 0 spiro atoms. The third-order valence-corrected chi connectivity index (χ3v) is 2.94. The van der Waals surface area contributed by atoms with Gasteiger partial charge in [-0.15, -0.1) is 0 Å². The smallest absolute Gasteiger partial charge is 0.133 e. The van der Waals surface area contributed by atoms with E-state index in [4.69, 9.17) is 4.74 Å². The van der Waals surface area contributed by atoms with E-state index in [1.54, 1.807) is 0 Å². The second-order valence-electron chi connectivity index (χ2n) is 4.53. The minimum atomic E-state index is 0.306. The van der Waals surface area contributed by atoms with Crippen molar-refractivity contribution in [2.45, 2.75) is 45.6 Å². The third-order valence-electron chi connectivity index (χ3n) is 2.94. The molecular formula is C13H21N3O. The topological polar surface area (TPSA) is 47.0 Å². The van der Waals surface area contributed by atoms with E-state index in [0.717, 1.165) is 43.3 Å². The second-order valence-corrected chi connectivity index (χ2v) is 4.53. The molecule has 1 fully saturated rings. The first-order valence-electron chi connectivity index (χ1n) is 6.48. The van der Waals surface area contributed by atoms with E-state index in [1.165, 1.54) is 12.8 Å². The SMILES string of the molecule is CCNc1cc(C)nc(CC2CCCCO2)n1. The van der Waals surface area contributed by atoms with Crippen LogP contribution in [0.15, 0.2) is 6.07 Å². The highest BCUT2D eigenvalue weighted by molar-refractivity contribution is 5.35. The fourth-order valence-corrected chi connectivity index (χ4v) is 2.17. The van der Waals surface area contributed by atoms with Crippen LogP contribution in [0.4, 0.5) is 5.82 Å².